The van der Waals surface area contributed by atoms with Gasteiger partial charge in [-0.2, -0.15) is 17.6 Å². The Hall–Kier alpha value is -3.99. The van der Waals surface area contributed by atoms with Gasteiger partial charge in [0, 0.05) is 43.0 Å². The third-order valence-corrected chi connectivity index (χ3v) is 8.24. The highest BCUT2D eigenvalue weighted by Crippen LogP contribution is 2.37. The van der Waals surface area contributed by atoms with Crippen molar-refractivity contribution in [2.75, 3.05) is 25.9 Å². The number of imidazole rings is 1. The summed E-state index contributed by atoms with van der Waals surface area (Å²) in [4.78, 5) is 23.6. The van der Waals surface area contributed by atoms with E-state index < -0.39 is 23.1 Å². The minimum atomic E-state index is -4.42. The van der Waals surface area contributed by atoms with E-state index in [4.69, 9.17) is 15.8 Å². The zero-order valence-corrected chi connectivity index (χ0v) is 24.9. The van der Waals surface area contributed by atoms with Crippen LogP contribution in [0.15, 0.2) is 54.7 Å². The van der Waals surface area contributed by atoms with Crippen molar-refractivity contribution in [1.82, 2.24) is 19.3 Å². The Labute approximate surface area is 248 Å². The van der Waals surface area contributed by atoms with Gasteiger partial charge < -0.3 is 15.7 Å². The van der Waals surface area contributed by atoms with Crippen molar-refractivity contribution < 1.29 is 27.5 Å². The number of hydrogen-bond acceptors (Lipinski definition) is 5. The molecule has 3 heterocycles. The van der Waals surface area contributed by atoms with Crippen LogP contribution in [-0.2, 0) is 11.0 Å². The molecular formula is C32H37F4N5O2. The van der Waals surface area contributed by atoms with Crippen molar-refractivity contribution in [1.29, 1.82) is 0 Å². The smallest absolute Gasteiger partial charge is 0.400 e. The number of hydrogen-bond donors (Lipinski definition) is 2. The van der Waals surface area contributed by atoms with Crippen molar-refractivity contribution >= 4 is 17.2 Å². The van der Waals surface area contributed by atoms with Gasteiger partial charge in [0.1, 0.15) is 22.9 Å². The van der Waals surface area contributed by atoms with Gasteiger partial charge in [-0.3, -0.25) is 9.20 Å². The molecule has 1 fully saturated rings. The molecule has 2 atom stereocenters. The fourth-order valence-electron chi connectivity index (χ4n) is 5.60. The number of nitrogen functional groups attached to an aromatic ring is 1. The second kappa shape index (κ2) is 12.3. The van der Waals surface area contributed by atoms with Crippen LogP contribution in [0.3, 0.4) is 0 Å². The number of nitrogens with zero attached hydrogens (tertiary/aromatic N) is 4. The molecule has 0 saturated carbocycles. The first-order chi connectivity index (χ1) is 20.3. The maximum atomic E-state index is 15.3. The molecule has 1 saturated heterocycles. The number of carbonyl (C=O) groups is 1. The van der Waals surface area contributed by atoms with Gasteiger partial charge in [0.2, 0.25) is 11.9 Å². The van der Waals surface area contributed by atoms with Crippen LogP contribution >= 0.6 is 0 Å². The van der Waals surface area contributed by atoms with E-state index in [0.29, 0.717) is 47.7 Å². The lowest BCUT2D eigenvalue weighted by Crippen LogP contribution is -2.34. The van der Waals surface area contributed by atoms with Gasteiger partial charge in [-0.25, -0.2) is 9.97 Å². The molecule has 7 nitrogen and oxygen atoms in total. The van der Waals surface area contributed by atoms with Crippen molar-refractivity contribution in [3.05, 3.63) is 83.2 Å². The number of aliphatic hydroxyl groups excluding tert-OH is 1. The van der Waals surface area contributed by atoms with E-state index in [1.165, 1.54) is 16.5 Å². The second-order valence-corrected chi connectivity index (χ2v) is 11.4. The molecule has 43 heavy (non-hydrogen) atoms. The molecule has 1 amide bonds. The molecule has 0 bridgehead atoms. The van der Waals surface area contributed by atoms with Crippen molar-refractivity contribution in [2.45, 2.75) is 58.5 Å². The first-order valence-electron chi connectivity index (χ1n) is 14.2. The Balaban J connectivity index is 0.00000207. The summed E-state index contributed by atoms with van der Waals surface area (Å²) in [6, 6.07) is 12.6. The van der Waals surface area contributed by atoms with Crippen molar-refractivity contribution in [2.24, 2.45) is 5.41 Å². The lowest BCUT2D eigenvalue weighted by Gasteiger charge is -2.24. The van der Waals surface area contributed by atoms with Crippen LogP contribution < -0.4 is 5.73 Å². The van der Waals surface area contributed by atoms with Crippen molar-refractivity contribution in [3.63, 3.8) is 0 Å². The first-order valence-corrected chi connectivity index (χ1v) is 14.2. The van der Waals surface area contributed by atoms with Gasteiger partial charge in [-0.15, -0.1) is 0 Å². The Morgan fingerprint density at radius 2 is 1.77 bits per heavy atom. The average Bonchev–Trinajstić information content (AvgIpc) is 3.52. The van der Waals surface area contributed by atoms with Crippen LogP contribution in [0.4, 0.5) is 23.4 Å². The van der Waals surface area contributed by atoms with Gasteiger partial charge >= 0.3 is 6.18 Å². The highest BCUT2D eigenvalue weighted by molar-refractivity contribution is 5.86. The Morgan fingerprint density at radius 1 is 1.09 bits per heavy atom. The molecule has 2 aromatic heterocycles. The number of halogens is 4. The lowest BCUT2D eigenvalue weighted by atomic mass is 9.91. The Kier molecular flexibility index (Phi) is 9.15. The highest BCUT2D eigenvalue weighted by atomic mass is 19.4. The first kappa shape index (κ1) is 31.9. The number of anilines is 1. The van der Waals surface area contributed by atoms with E-state index >= 15 is 4.39 Å². The number of aromatic nitrogens is 3. The Bertz CT molecular complexity index is 1600. The van der Waals surface area contributed by atoms with Crippen LogP contribution in [0.25, 0.3) is 16.8 Å². The summed E-state index contributed by atoms with van der Waals surface area (Å²) in [5.74, 6) is -0.492. The van der Waals surface area contributed by atoms with E-state index in [0.717, 1.165) is 31.4 Å². The summed E-state index contributed by atoms with van der Waals surface area (Å²) in [6.45, 7) is 8.73. The quantitative estimate of drug-likeness (QED) is 0.232. The number of rotatable bonds is 7. The molecular weight excluding hydrogens is 562 g/mol. The summed E-state index contributed by atoms with van der Waals surface area (Å²) in [7, 11) is 1.00. The van der Waals surface area contributed by atoms with Gasteiger partial charge in [-0.05, 0) is 30.0 Å². The molecule has 1 aliphatic rings. The van der Waals surface area contributed by atoms with E-state index in [1.807, 2.05) is 56.9 Å². The topological polar surface area (TPSA) is 96.8 Å². The molecule has 0 aliphatic carbocycles. The fraction of sp³-hybridized carbons (Fsp3) is 0.406. The molecule has 5 rings (SSSR count). The Morgan fingerprint density at radius 3 is 2.35 bits per heavy atom. The summed E-state index contributed by atoms with van der Waals surface area (Å²) in [5.41, 5.74) is 7.95. The van der Waals surface area contributed by atoms with Gasteiger partial charge in [-0.1, -0.05) is 70.2 Å². The molecule has 11 heteroatoms. The molecule has 0 unspecified atom stereocenters. The maximum absolute atomic E-state index is 15.3. The van der Waals surface area contributed by atoms with Crippen LogP contribution in [0.1, 0.15) is 74.9 Å². The predicted molar refractivity (Wildman–Crippen MR) is 158 cm³/mol. The van der Waals surface area contributed by atoms with Gasteiger partial charge in [0.15, 0.2) is 0 Å². The van der Waals surface area contributed by atoms with Gasteiger partial charge in [0.25, 0.3) is 0 Å². The number of fused-ring (bicyclic) bond motifs is 1. The number of likely N-dealkylation sites (tertiary alicyclic amines) is 1. The minimum absolute atomic E-state index is 0.0733. The molecule has 3 N–H and O–H groups in total. The number of alkyl halides is 3. The predicted octanol–water partition coefficient (Wildman–Crippen LogP) is 6.65. The number of aliphatic hydroxyl groups is 1. The van der Waals surface area contributed by atoms with Crippen LogP contribution in [0, 0.1) is 11.4 Å². The van der Waals surface area contributed by atoms with Crippen LogP contribution in [0.5, 0.6) is 0 Å². The highest BCUT2D eigenvalue weighted by Gasteiger charge is 2.40. The zero-order valence-electron chi connectivity index (χ0n) is 24.9. The normalized spacial score (nSPS) is 16.2. The van der Waals surface area contributed by atoms with E-state index in [9.17, 15) is 18.0 Å². The lowest BCUT2D eigenvalue weighted by molar-refractivity contribution is -0.137. The standard InChI is InChI=1S/C31H33F4N5O.CH4O/c1-5-19(17-39-14-13-30(3,4)29(39)41)28-38-25(26-27(36)37-16-24(32)40(26)28)21-11-9-20(10-12-21)18(2)22-7-6-8-23(15-22)31(33,34)35;1-2/h6-12,15-16,18-19H,5,13-14,17H2,1-4H3,(H2,36,37);2H,1H3/t18-,19+;/m0./s1. The summed E-state index contributed by atoms with van der Waals surface area (Å²) < 4.78 is 56.4. The summed E-state index contributed by atoms with van der Waals surface area (Å²) in [5, 5.41) is 7.00. The number of nitrogens with two attached hydrogens (primary N) is 1. The van der Waals surface area contributed by atoms with E-state index in [2.05, 4.69) is 4.98 Å². The zero-order chi connectivity index (χ0) is 31.7. The number of benzene rings is 2. The third-order valence-electron chi connectivity index (χ3n) is 8.24. The van der Waals surface area contributed by atoms with Crippen molar-refractivity contribution in [3.8, 4) is 11.3 Å². The van der Waals surface area contributed by atoms with Gasteiger partial charge in [0.05, 0.1) is 11.8 Å². The molecule has 0 spiro atoms. The SMILES string of the molecule is CC[C@H](CN1CCC(C)(C)C1=O)c1nc(-c2ccc([C@H](C)c3cccc(C(F)(F)F)c3)cc2)c2c(N)ncc(F)n12.CO. The number of amides is 1. The third kappa shape index (κ3) is 6.22. The molecule has 2 aromatic carbocycles. The van der Waals surface area contributed by atoms with Crippen LogP contribution in [0.2, 0.25) is 0 Å². The monoisotopic (exact) mass is 599 g/mol. The maximum Gasteiger partial charge on any atom is 0.416 e. The van der Waals surface area contributed by atoms with Crippen LogP contribution in [-0.4, -0.2) is 50.5 Å². The number of carbonyl (C=O) groups excluding carboxylic acids is 1. The van der Waals surface area contributed by atoms with E-state index in [-0.39, 0.29) is 23.6 Å². The van der Waals surface area contributed by atoms with E-state index in [1.54, 1.807) is 6.07 Å². The molecule has 4 aromatic rings. The molecule has 1 aliphatic heterocycles. The molecule has 230 valence electrons. The minimum Gasteiger partial charge on any atom is -0.400 e. The molecule has 0 radical (unpaired) electrons. The fourth-order valence-corrected chi connectivity index (χ4v) is 5.60. The largest absolute Gasteiger partial charge is 0.416 e. The second-order valence-electron chi connectivity index (χ2n) is 11.4. The average molecular weight is 600 g/mol. The summed E-state index contributed by atoms with van der Waals surface area (Å²) >= 11 is 0. The summed E-state index contributed by atoms with van der Waals surface area (Å²) in [6.07, 6.45) is -1.98.